The zero-order valence-electron chi connectivity index (χ0n) is 13.6. The van der Waals surface area contributed by atoms with E-state index in [1.165, 1.54) is 6.08 Å². The Morgan fingerprint density at radius 3 is 2.60 bits per heavy atom. The minimum absolute atomic E-state index is 0.0433. The maximum absolute atomic E-state index is 12.3. The Bertz CT molecular complexity index is 824. The van der Waals surface area contributed by atoms with Crippen molar-refractivity contribution in [2.45, 2.75) is 13.3 Å². The van der Waals surface area contributed by atoms with Gasteiger partial charge in [0.2, 0.25) is 0 Å². The number of anilines is 1. The zero-order valence-corrected chi connectivity index (χ0v) is 15.1. The normalized spacial score (nSPS) is 10.9. The number of nitrogens with zero attached hydrogens (tertiary/aromatic N) is 1. The first-order valence-corrected chi connectivity index (χ1v) is 8.40. The first-order chi connectivity index (χ1) is 12.0. The molecule has 1 N–H and O–H groups in total. The van der Waals surface area contributed by atoms with Gasteiger partial charge in [0.15, 0.2) is 0 Å². The molecule has 0 bridgehead atoms. The van der Waals surface area contributed by atoms with Gasteiger partial charge >= 0.3 is 0 Å². The molecule has 0 spiro atoms. The molecular formula is C19H16Cl2N2O2. The van der Waals surface area contributed by atoms with Crippen LogP contribution in [-0.2, 0) is 4.79 Å². The van der Waals surface area contributed by atoms with E-state index in [9.17, 15) is 10.1 Å². The molecule has 1 amide bonds. The van der Waals surface area contributed by atoms with Gasteiger partial charge in [-0.1, -0.05) is 48.3 Å². The number of benzene rings is 2. The van der Waals surface area contributed by atoms with E-state index < -0.39 is 5.91 Å². The van der Waals surface area contributed by atoms with Crippen molar-refractivity contribution in [3.05, 3.63) is 63.6 Å². The smallest absolute Gasteiger partial charge is 0.266 e. The van der Waals surface area contributed by atoms with Crippen LogP contribution in [0.5, 0.6) is 5.75 Å². The van der Waals surface area contributed by atoms with Crippen LogP contribution >= 0.6 is 23.2 Å². The molecule has 2 rings (SSSR count). The van der Waals surface area contributed by atoms with Crippen LogP contribution in [0.1, 0.15) is 18.9 Å². The Hall–Kier alpha value is -2.48. The fourth-order valence-corrected chi connectivity index (χ4v) is 2.33. The van der Waals surface area contributed by atoms with Crippen LogP contribution in [0.3, 0.4) is 0 Å². The van der Waals surface area contributed by atoms with E-state index in [0.29, 0.717) is 22.9 Å². The second-order valence-electron chi connectivity index (χ2n) is 5.14. The van der Waals surface area contributed by atoms with E-state index in [2.05, 4.69) is 5.32 Å². The second kappa shape index (κ2) is 9.12. The van der Waals surface area contributed by atoms with Gasteiger partial charge in [-0.15, -0.1) is 0 Å². The number of nitrogens with one attached hydrogen (secondary N) is 1. The summed E-state index contributed by atoms with van der Waals surface area (Å²) in [6.07, 6.45) is 2.42. The molecule has 0 saturated heterocycles. The van der Waals surface area contributed by atoms with Crippen LogP contribution < -0.4 is 10.1 Å². The largest absolute Gasteiger partial charge is 0.494 e. The average Bonchev–Trinajstić information content (AvgIpc) is 2.62. The SMILES string of the molecule is CCCOc1ccc(/C=C(\C#N)C(=O)Nc2cccc(Cl)c2Cl)cc1. The minimum atomic E-state index is -0.557. The fourth-order valence-electron chi connectivity index (χ4n) is 1.99. The standard InChI is InChI=1S/C19H16Cl2N2O2/c1-2-10-25-15-8-6-13(7-9-15)11-14(12-22)19(24)23-17-5-3-4-16(20)18(17)21/h3-9,11H,2,10H2,1H3,(H,23,24)/b14-11+. The van der Waals surface area contributed by atoms with E-state index in [0.717, 1.165) is 12.2 Å². The molecule has 25 heavy (non-hydrogen) atoms. The topological polar surface area (TPSA) is 62.1 Å². The molecule has 0 aliphatic heterocycles. The van der Waals surface area contributed by atoms with Gasteiger partial charge < -0.3 is 10.1 Å². The van der Waals surface area contributed by atoms with Crippen LogP contribution in [0, 0.1) is 11.3 Å². The lowest BCUT2D eigenvalue weighted by molar-refractivity contribution is -0.112. The van der Waals surface area contributed by atoms with Gasteiger partial charge in [0, 0.05) is 0 Å². The first-order valence-electron chi connectivity index (χ1n) is 7.65. The highest BCUT2D eigenvalue weighted by Crippen LogP contribution is 2.29. The third kappa shape index (κ3) is 5.25. The Kier molecular flexibility index (Phi) is 6.88. The Labute approximate surface area is 156 Å². The fraction of sp³-hybridized carbons (Fsp3) is 0.158. The predicted octanol–water partition coefficient (Wildman–Crippen LogP) is 5.33. The number of hydrogen-bond acceptors (Lipinski definition) is 3. The summed E-state index contributed by atoms with van der Waals surface area (Å²) in [5, 5.41) is 12.4. The van der Waals surface area contributed by atoms with E-state index in [-0.39, 0.29) is 10.6 Å². The number of rotatable bonds is 6. The Morgan fingerprint density at radius 1 is 1.24 bits per heavy atom. The van der Waals surface area contributed by atoms with Crippen LogP contribution in [0.15, 0.2) is 48.0 Å². The van der Waals surface area contributed by atoms with Gasteiger partial charge in [-0.2, -0.15) is 5.26 Å². The van der Waals surface area contributed by atoms with Crippen LogP contribution in [0.4, 0.5) is 5.69 Å². The maximum atomic E-state index is 12.3. The van der Waals surface area contributed by atoms with E-state index in [1.807, 2.05) is 13.0 Å². The molecule has 0 aliphatic rings. The molecule has 128 valence electrons. The third-order valence-electron chi connectivity index (χ3n) is 3.23. The highest BCUT2D eigenvalue weighted by molar-refractivity contribution is 6.44. The summed E-state index contributed by atoms with van der Waals surface area (Å²) in [6, 6.07) is 13.9. The molecule has 0 unspecified atom stereocenters. The van der Waals surface area contributed by atoms with Crippen LogP contribution in [0.2, 0.25) is 10.0 Å². The molecule has 0 radical (unpaired) electrons. The van der Waals surface area contributed by atoms with Gasteiger partial charge in [0.1, 0.15) is 17.4 Å². The summed E-state index contributed by atoms with van der Waals surface area (Å²) >= 11 is 12.0. The molecule has 6 heteroatoms. The van der Waals surface area contributed by atoms with Gasteiger partial charge in [-0.05, 0) is 42.3 Å². The van der Waals surface area contributed by atoms with Crippen molar-refractivity contribution in [1.29, 1.82) is 5.26 Å². The van der Waals surface area contributed by atoms with Crippen LogP contribution in [0.25, 0.3) is 6.08 Å². The summed E-state index contributed by atoms with van der Waals surface area (Å²) in [7, 11) is 0. The number of hydrogen-bond donors (Lipinski definition) is 1. The lowest BCUT2D eigenvalue weighted by Gasteiger charge is -2.08. The average molecular weight is 375 g/mol. The highest BCUT2D eigenvalue weighted by atomic mass is 35.5. The Morgan fingerprint density at radius 2 is 1.96 bits per heavy atom. The Balaban J connectivity index is 2.15. The summed E-state index contributed by atoms with van der Waals surface area (Å²) < 4.78 is 5.50. The molecule has 0 saturated carbocycles. The molecule has 4 nitrogen and oxygen atoms in total. The molecule has 2 aromatic rings. The minimum Gasteiger partial charge on any atom is -0.494 e. The molecule has 0 atom stereocenters. The number of carbonyl (C=O) groups is 1. The summed E-state index contributed by atoms with van der Waals surface area (Å²) in [4.78, 5) is 12.3. The van der Waals surface area contributed by atoms with Crippen molar-refractivity contribution in [3.8, 4) is 11.8 Å². The number of amides is 1. The van der Waals surface area contributed by atoms with Crippen molar-refractivity contribution in [1.82, 2.24) is 0 Å². The second-order valence-corrected chi connectivity index (χ2v) is 5.93. The number of halogens is 2. The number of carbonyl (C=O) groups excluding carboxylic acids is 1. The molecular weight excluding hydrogens is 359 g/mol. The van der Waals surface area contributed by atoms with Gasteiger partial charge in [0.05, 0.1) is 22.3 Å². The van der Waals surface area contributed by atoms with E-state index in [1.54, 1.807) is 42.5 Å². The van der Waals surface area contributed by atoms with Crippen LogP contribution in [-0.4, -0.2) is 12.5 Å². The molecule has 0 aromatic heterocycles. The van der Waals surface area contributed by atoms with Crippen molar-refractivity contribution < 1.29 is 9.53 Å². The number of ether oxygens (including phenoxy) is 1. The van der Waals surface area contributed by atoms with Crippen molar-refractivity contribution >= 4 is 40.9 Å². The summed E-state index contributed by atoms with van der Waals surface area (Å²) in [5.74, 6) is 0.186. The highest BCUT2D eigenvalue weighted by Gasteiger charge is 2.12. The van der Waals surface area contributed by atoms with Crippen molar-refractivity contribution in [2.75, 3.05) is 11.9 Å². The summed E-state index contributed by atoms with van der Waals surface area (Å²) in [5.41, 5.74) is 1.02. The monoisotopic (exact) mass is 374 g/mol. The maximum Gasteiger partial charge on any atom is 0.266 e. The van der Waals surface area contributed by atoms with Crippen molar-refractivity contribution in [3.63, 3.8) is 0 Å². The van der Waals surface area contributed by atoms with E-state index >= 15 is 0 Å². The first kappa shape index (κ1) is 18.9. The predicted molar refractivity (Wildman–Crippen MR) is 101 cm³/mol. The van der Waals surface area contributed by atoms with Gasteiger partial charge in [0.25, 0.3) is 5.91 Å². The van der Waals surface area contributed by atoms with Crippen molar-refractivity contribution in [2.24, 2.45) is 0 Å². The molecule has 0 heterocycles. The van der Waals surface area contributed by atoms with E-state index in [4.69, 9.17) is 27.9 Å². The lowest BCUT2D eigenvalue weighted by atomic mass is 10.1. The van der Waals surface area contributed by atoms with Gasteiger partial charge in [-0.3, -0.25) is 4.79 Å². The zero-order chi connectivity index (χ0) is 18.2. The molecule has 2 aromatic carbocycles. The number of nitriles is 1. The quantitative estimate of drug-likeness (QED) is 0.549. The third-order valence-corrected chi connectivity index (χ3v) is 4.05. The molecule has 0 aliphatic carbocycles. The molecule has 0 fully saturated rings. The lowest BCUT2D eigenvalue weighted by Crippen LogP contribution is -2.13. The van der Waals surface area contributed by atoms with Gasteiger partial charge in [-0.25, -0.2) is 0 Å². The summed E-state index contributed by atoms with van der Waals surface area (Å²) in [6.45, 7) is 2.67.